The molecule has 0 saturated carbocycles. The predicted molar refractivity (Wildman–Crippen MR) is 80.9 cm³/mol. The second-order valence-corrected chi connectivity index (χ2v) is 4.89. The maximum Gasteiger partial charge on any atom is 0.227 e. The number of hydrogen-bond acceptors (Lipinski definition) is 2. The Morgan fingerprint density at radius 3 is 2.50 bits per heavy atom. The fourth-order valence-corrected chi connectivity index (χ4v) is 2.42. The highest BCUT2D eigenvalue weighted by molar-refractivity contribution is 5.93. The molecule has 1 aromatic carbocycles. The summed E-state index contributed by atoms with van der Waals surface area (Å²) < 4.78 is 0. The second kappa shape index (κ2) is 6.37. The van der Waals surface area contributed by atoms with E-state index in [0.29, 0.717) is 13.0 Å². The van der Waals surface area contributed by atoms with Crippen molar-refractivity contribution >= 4 is 11.6 Å². The summed E-state index contributed by atoms with van der Waals surface area (Å²) in [5, 5.41) is 7.13. The third-order valence-electron chi connectivity index (χ3n) is 3.55. The van der Waals surface area contributed by atoms with Crippen LogP contribution in [0.25, 0.3) is 0 Å². The molecule has 2 rings (SSSR count). The van der Waals surface area contributed by atoms with E-state index in [1.54, 1.807) is 0 Å². The Morgan fingerprint density at radius 2 is 1.95 bits per heavy atom. The highest BCUT2D eigenvalue weighted by Crippen LogP contribution is 2.17. The summed E-state index contributed by atoms with van der Waals surface area (Å²) in [4.78, 5) is 14.2. The second-order valence-electron chi connectivity index (χ2n) is 4.89. The van der Waals surface area contributed by atoms with Crippen LogP contribution in [-0.4, -0.2) is 22.6 Å². The smallest absolute Gasteiger partial charge is 0.227 e. The standard InChI is InChI=1S/C16H21N3O/c1-4-19(14-8-6-5-7-9-14)16(20)11-10-15-12(2)17-18-13(15)3/h5-9H,4,10-11H2,1-3H3,(H,17,18). The van der Waals surface area contributed by atoms with Gasteiger partial charge in [-0.25, -0.2) is 0 Å². The number of rotatable bonds is 5. The Kier molecular flexibility index (Phi) is 4.56. The Bertz CT molecular complexity index is 555. The van der Waals surface area contributed by atoms with E-state index in [-0.39, 0.29) is 5.91 Å². The van der Waals surface area contributed by atoms with Crippen LogP contribution in [0, 0.1) is 13.8 Å². The molecule has 0 unspecified atom stereocenters. The fraction of sp³-hybridized carbons (Fsp3) is 0.375. The average molecular weight is 271 g/mol. The number of anilines is 1. The van der Waals surface area contributed by atoms with Crippen LogP contribution in [0.4, 0.5) is 5.69 Å². The quantitative estimate of drug-likeness (QED) is 0.908. The number of carbonyl (C=O) groups is 1. The topological polar surface area (TPSA) is 49.0 Å². The molecule has 0 aliphatic rings. The number of benzene rings is 1. The molecule has 106 valence electrons. The van der Waals surface area contributed by atoms with Crippen LogP contribution in [0.15, 0.2) is 30.3 Å². The normalized spacial score (nSPS) is 10.6. The number of hydrogen-bond donors (Lipinski definition) is 1. The van der Waals surface area contributed by atoms with Crippen molar-refractivity contribution in [1.29, 1.82) is 0 Å². The van der Waals surface area contributed by atoms with Gasteiger partial charge >= 0.3 is 0 Å². The molecule has 0 saturated heterocycles. The van der Waals surface area contributed by atoms with E-state index < -0.39 is 0 Å². The summed E-state index contributed by atoms with van der Waals surface area (Å²) in [5.74, 6) is 0.152. The minimum atomic E-state index is 0.152. The first-order valence-electron chi connectivity index (χ1n) is 6.99. The SMILES string of the molecule is CCN(C(=O)CCc1c(C)n[nH]c1C)c1ccccc1. The van der Waals surface area contributed by atoms with Crippen LogP contribution in [0.5, 0.6) is 0 Å². The molecule has 1 amide bonds. The summed E-state index contributed by atoms with van der Waals surface area (Å²) in [6.07, 6.45) is 1.24. The summed E-state index contributed by atoms with van der Waals surface area (Å²) >= 11 is 0. The lowest BCUT2D eigenvalue weighted by Crippen LogP contribution is -2.30. The van der Waals surface area contributed by atoms with E-state index in [4.69, 9.17) is 0 Å². The highest BCUT2D eigenvalue weighted by Gasteiger charge is 2.15. The molecule has 0 fully saturated rings. The van der Waals surface area contributed by atoms with E-state index in [9.17, 15) is 4.79 Å². The van der Waals surface area contributed by atoms with Crippen LogP contribution < -0.4 is 4.90 Å². The van der Waals surface area contributed by atoms with Crippen molar-refractivity contribution in [2.45, 2.75) is 33.6 Å². The number of nitrogens with one attached hydrogen (secondary N) is 1. The molecule has 1 aromatic heterocycles. The molecule has 20 heavy (non-hydrogen) atoms. The monoisotopic (exact) mass is 271 g/mol. The minimum Gasteiger partial charge on any atom is -0.313 e. The van der Waals surface area contributed by atoms with Crippen molar-refractivity contribution in [3.63, 3.8) is 0 Å². The molecule has 2 aromatic rings. The van der Waals surface area contributed by atoms with Gasteiger partial charge in [0.15, 0.2) is 0 Å². The molecule has 0 spiro atoms. The molecule has 4 nitrogen and oxygen atoms in total. The zero-order valence-electron chi connectivity index (χ0n) is 12.3. The Hall–Kier alpha value is -2.10. The van der Waals surface area contributed by atoms with Gasteiger partial charge in [0.05, 0.1) is 5.69 Å². The summed E-state index contributed by atoms with van der Waals surface area (Å²) in [7, 11) is 0. The van der Waals surface area contributed by atoms with Gasteiger partial charge in [-0.2, -0.15) is 5.10 Å². The van der Waals surface area contributed by atoms with Crippen LogP contribution in [0.2, 0.25) is 0 Å². The predicted octanol–water partition coefficient (Wildman–Crippen LogP) is 3.01. The van der Waals surface area contributed by atoms with Crippen molar-refractivity contribution in [3.8, 4) is 0 Å². The van der Waals surface area contributed by atoms with Crippen molar-refractivity contribution < 1.29 is 4.79 Å². The van der Waals surface area contributed by atoms with Gasteiger partial charge in [0.2, 0.25) is 5.91 Å². The van der Waals surface area contributed by atoms with Crippen LogP contribution in [0.1, 0.15) is 30.3 Å². The van der Waals surface area contributed by atoms with Gasteiger partial charge in [-0.05, 0) is 44.9 Å². The lowest BCUT2D eigenvalue weighted by molar-refractivity contribution is -0.118. The molecule has 0 radical (unpaired) electrons. The van der Waals surface area contributed by atoms with Crippen molar-refractivity contribution in [2.24, 2.45) is 0 Å². The zero-order chi connectivity index (χ0) is 14.5. The number of H-pyrrole nitrogens is 1. The number of aromatic nitrogens is 2. The molecule has 1 N–H and O–H groups in total. The number of amides is 1. The Balaban J connectivity index is 2.04. The number of aromatic amines is 1. The van der Waals surface area contributed by atoms with Gasteiger partial charge in [-0.15, -0.1) is 0 Å². The van der Waals surface area contributed by atoms with Crippen LogP contribution in [0.3, 0.4) is 0 Å². The largest absolute Gasteiger partial charge is 0.313 e. The Morgan fingerprint density at radius 1 is 1.25 bits per heavy atom. The van der Waals surface area contributed by atoms with Gasteiger partial charge < -0.3 is 4.90 Å². The third kappa shape index (κ3) is 3.07. The van der Waals surface area contributed by atoms with E-state index in [1.165, 1.54) is 0 Å². The first-order valence-corrected chi connectivity index (χ1v) is 6.99. The minimum absolute atomic E-state index is 0.152. The molecular formula is C16H21N3O. The number of nitrogens with zero attached hydrogens (tertiary/aromatic N) is 2. The van der Waals surface area contributed by atoms with E-state index in [1.807, 2.05) is 56.0 Å². The first kappa shape index (κ1) is 14.3. The van der Waals surface area contributed by atoms with Crippen LogP contribution >= 0.6 is 0 Å². The van der Waals surface area contributed by atoms with Crippen molar-refractivity contribution in [1.82, 2.24) is 10.2 Å². The van der Waals surface area contributed by atoms with E-state index in [2.05, 4.69) is 10.2 Å². The zero-order valence-corrected chi connectivity index (χ0v) is 12.3. The van der Waals surface area contributed by atoms with Crippen molar-refractivity contribution in [2.75, 3.05) is 11.4 Å². The van der Waals surface area contributed by atoms with E-state index >= 15 is 0 Å². The van der Waals surface area contributed by atoms with Crippen molar-refractivity contribution in [3.05, 3.63) is 47.3 Å². The third-order valence-corrected chi connectivity index (χ3v) is 3.55. The average Bonchev–Trinajstić information content (AvgIpc) is 2.78. The lowest BCUT2D eigenvalue weighted by Gasteiger charge is -2.21. The molecule has 0 aliphatic carbocycles. The molecular weight excluding hydrogens is 250 g/mol. The maximum absolute atomic E-state index is 12.4. The van der Waals surface area contributed by atoms with Gasteiger partial charge in [-0.1, -0.05) is 18.2 Å². The molecule has 4 heteroatoms. The molecule has 0 atom stereocenters. The summed E-state index contributed by atoms with van der Waals surface area (Å²) in [6, 6.07) is 9.80. The molecule has 1 heterocycles. The van der Waals surface area contributed by atoms with Gasteiger partial charge in [0.1, 0.15) is 0 Å². The van der Waals surface area contributed by atoms with Gasteiger partial charge in [-0.3, -0.25) is 9.89 Å². The number of aryl methyl sites for hydroxylation is 2. The molecule has 0 bridgehead atoms. The fourth-order valence-electron chi connectivity index (χ4n) is 2.42. The lowest BCUT2D eigenvalue weighted by atomic mass is 10.1. The summed E-state index contributed by atoms with van der Waals surface area (Å²) in [5.41, 5.74) is 4.15. The highest BCUT2D eigenvalue weighted by atomic mass is 16.2. The number of carbonyl (C=O) groups excluding carboxylic acids is 1. The summed E-state index contributed by atoms with van der Waals surface area (Å²) in [6.45, 7) is 6.65. The van der Waals surface area contributed by atoms with E-state index in [0.717, 1.165) is 29.1 Å². The number of para-hydroxylation sites is 1. The van der Waals surface area contributed by atoms with Crippen LogP contribution in [-0.2, 0) is 11.2 Å². The molecule has 0 aliphatic heterocycles. The van der Waals surface area contributed by atoms with Gasteiger partial charge in [0, 0.05) is 24.3 Å². The van der Waals surface area contributed by atoms with Gasteiger partial charge in [0.25, 0.3) is 0 Å². The Labute approximate surface area is 119 Å². The maximum atomic E-state index is 12.4. The first-order chi connectivity index (χ1) is 9.63.